The third-order valence-corrected chi connectivity index (χ3v) is 2.84. The van der Waals surface area contributed by atoms with Gasteiger partial charge < -0.3 is 14.8 Å². The highest BCUT2D eigenvalue weighted by atomic mass is 16.5. The Morgan fingerprint density at radius 1 is 1.30 bits per heavy atom. The molecule has 2 amide bonds. The topological polar surface area (TPSA) is 98.3 Å². The molecular formula is C15H19N5O3. The van der Waals surface area contributed by atoms with Gasteiger partial charge in [0.2, 0.25) is 5.88 Å². The monoisotopic (exact) mass is 317 g/mol. The predicted octanol–water partition coefficient (Wildman–Crippen LogP) is 1.99. The van der Waals surface area contributed by atoms with E-state index in [9.17, 15) is 4.79 Å². The van der Waals surface area contributed by atoms with E-state index >= 15 is 0 Å². The summed E-state index contributed by atoms with van der Waals surface area (Å²) >= 11 is 0. The second-order valence-electron chi connectivity index (χ2n) is 4.61. The van der Waals surface area contributed by atoms with Gasteiger partial charge in [0, 0.05) is 24.9 Å². The third kappa shape index (κ3) is 5.10. The van der Waals surface area contributed by atoms with Crippen molar-refractivity contribution >= 4 is 11.8 Å². The van der Waals surface area contributed by atoms with Crippen LogP contribution in [0, 0.1) is 0 Å². The SMILES string of the molecule is CCCOc1ccc(CNC(=O)Nc2nnccc2OC)cn1. The van der Waals surface area contributed by atoms with Crippen LogP contribution in [0.3, 0.4) is 0 Å². The van der Waals surface area contributed by atoms with Crippen LogP contribution < -0.4 is 20.1 Å². The quantitative estimate of drug-likeness (QED) is 0.810. The van der Waals surface area contributed by atoms with E-state index in [-0.39, 0.29) is 5.82 Å². The summed E-state index contributed by atoms with van der Waals surface area (Å²) < 4.78 is 10.5. The van der Waals surface area contributed by atoms with Gasteiger partial charge in [-0.05, 0) is 12.0 Å². The van der Waals surface area contributed by atoms with Crippen molar-refractivity contribution in [3.63, 3.8) is 0 Å². The van der Waals surface area contributed by atoms with Gasteiger partial charge in [0.05, 0.1) is 19.9 Å². The molecule has 0 saturated heterocycles. The first-order valence-electron chi connectivity index (χ1n) is 7.21. The summed E-state index contributed by atoms with van der Waals surface area (Å²) in [5, 5.41) is 12.8. The molecule has 0 spiro atoms. The lowest BCUT2D eigenvalue weighted by molar-refractivity contribution is 0.251. The Morgan fingerprint density at radius 3 is 2.87 bits per heavy atom. The molecule has 2 N–H and O–H groups in total. The first-order valence-corrected chi connectivity index (χ1v) is 7.21. The Morgan fingerprint density at radius 2 is 2.17 bits per heavy atom. The standard InChI is InChI=1S/C15H19N5O3/c1-3-8-23-13-5-4-11(9-16-13)10-17-15(21)19-14-12(22-2)6-7-18-20-14/h4-7,9H,3,8,10H2,1-2H3,(H2,17,19,20,21). The van der Waals surface area contributed by atoms with E-state index < -0.39 is 6.03 Å². The van der Waals surface area contributed by atoms with Crippen LogP contribution in [0.25, 0.3) is 0 Å². The fraction of sp³-hybridized carbons (Fsp3) is 0.333. The lowest BCUT2D eigenvalue weighted by atomic mass is 10.3. The van der Waals surface area contributed by atoms with E-state index in [1.807, 2.05) is 13.0 Å². The highest BCUT2D eigenvalue weighted by Gasteiger charge is 2.08. The smallest absolute Gasteiger partial charge is 0.320 e. The molecule has 122 valence electrons. The number of rotatable bonds is 7. The molecule has 2 aromatic rings. The number of aromatic nitrogens is 3. The van der Waals surface area contributed by atoms with Gasteiger partial charge in [-0.15, -0.1) is 5.10 Å². The number of methoxy groups -OCH3 is 1. The molecule has 0 aromatic carbocycles. The number of hydrogen-bond donors (Lipinski definition) is 2. The van der Waals surface area contributed by atoms with Crippen molar-refractivity contribution in [2.45, 2.75) is 19.9 Å². The Kier molecular flexibility index (Phi) is 6.10. The number of amides is 2. The summed E-state index contributed by atoms with van der Waals surface area (Å²) in [4.78, 5) is 16.0. The minimum absolute atomic E-state index is 0.258. The van der Waals surface area contributed by atoms with Gasteiger partial charge in [0.25, 0.3) is 0 Å². The van der Waals surface area contributed by atoms with E-state index in [2.05, 4.69) is 25.8 Å². The molecule has 8 nitrogen and oxygen atoms in total. The number of ether oxygens (including phenoxy) is 2. The van der Waals surface area contributed by atoms with Crippen LogP contribution in [0.4, 0.5) is 10.6 Å². The van der Waals surface area contributed by atoms with Crippen molar-refractivity contribution in [2.24, 2.45) is 0 Å². The summed E-state index contributed by atoms with van der Waals surface area (Å²) in [5.74, 6) is 1.27. The highest BCUT2D eigenvalue weighted by molar-refractivity contribution is 5.89. The number of nitrogens with zero attached hydrogens (tertiary/aromatic N) is 3. The number of urea groups is 1. The van der Waals surface area contributed by atoms with Gasteiger partial charge in [-0.25, -0.2) is 9.78 Å². The van der Waals surface area contributed by atoms with Crippen molar-refractivity contribution in [3.8, 4) is 11.6 Å². The molecule has 0 fully saturated rings. The van der Waals surface area contributed by atoms with E-state index in [1.165, 1.54) is 13.3 Å². The van der Waals surface area contributed by atoms with E-state index in [4.69, 9.17) is 9.47 Å². The average molecular weight is 317 g/mol. The van der Waals surface area contributed by atoms with Crippen LogP contribution >= 0.6 is 0 Å². The number of anilines is 1. The van der Waals surface area contributed by atoms with Gasteiger partial charge in [-0.1, -0.05) is 13.0 Å². The Bertz CT molecular complexity index is 633. The van der Waals surface area contributed by atoms with Crippen LogP contribution in [0.15, 0.2) is 30.6 Å². The first-order chi connectivity index (χ1) is 11.2. The third-order valence-electron chi connectivity index (χ3n) is 2.84. The maximum Gasteiger partial charge on any atom is 0.320 e. The van der Waals surface area contributed by atoms with Gasteiger partial charge in [0.1, 0.15) is 0 Å². The first kappa shape index (κ1) is 16.5. The maximum absolute atomic E-state index is 11.9. The van der Waals surface area contributed by atoms with Gasteiger partial charge in [-0.3, -0.25) is 5.32 Å². The van der Waals surface area contributed by atoms with Gasteiger partial charge >= 0.3 is 6.03 Å². The zero-order valence-electron chi connectivity index (χ0n) is 13.1. The zero-order chi connectivity index (χ0) is 16.5. The molecule has 0 aliphatic carbocycles. The van der Waals surface area contributed by atoms with Crippen molar-refractivity contribution in [3.05, 3.63) is 36.2 Å². The second kappa shape index (κ2) is 8.52. The lowest BCUT2D eigenvalue weighted by Gasteiger charge is -2.09. The minimum atomic E-state index is -0.407. The summed E-state index contributed by atoms with van der Waals surface area (Å²) in [5.41, 5.74) is 0.857. The molecule has 0 saturated carbocycles. The van der Waals surface area contributed by atoms with E-state index in [1.54, 1.807) is 18.3 Å². The van der Waals surface area contributed by atoms with Crippen molar-refractivity contribution < 1.29 is 14.3 Å². The number of nitrogens with one attached hydrogen (secondary N) is 2. The molecule has 0 unspecified atom stereocenters. The number of hydrogen-bond acceptors (Lipinski definition) is 6. The molecule has 2 heterocycles. The number of pyridine rings is 1. The lowest BCUT2D eigenvalue weighted by Crippen LogP contribution is -2.28. The summed E-state index contributed by atoms with van der Waals surface area (Å²) in [6.45, 7) is 2.99. The minimum Gasteiger partial charge on any atom is -0.493 e. The van der Waals surface area contributed by atoms with Gasteiger partial charge in [-0.2, -0.15) is 5.10 Å². The van der Waals surface area contributed by atoms with Crippen LogP contribution in [-0.4, -0.2) is 34.9 Å². The highest BCUT2D eigenvalue weighted by Crippen LogP contribution is 2.18. The molecule has 0 radical (unpaired) electrons. The number of carbonyl (C=O) groups is 1. The Balaban J connectivity index is 1.84. The molecule has 0 bridgehead atoms. The average Bonchev–Trinajstić information content (AvgIpc) is 2.59. The van der Waals surface area contributed by atoms with Crippen LogP contribution in [-0.2, 0) is 6.54 Å². The zero-order valence-corrected chi connectivity index (χ0v) is 13.1. The van der Waals surface area contributed by atoms with Crippen molar-refractivity contribution in [1.82, 2.24) is 20.5 Å². The molecule has 8 heteroatoms. The Labute approximate surface area is 134 Å². The van der Waals surface area contributed by atoms with Crippen molar-refractivity contribution in [1.29, 1.82) is 0 Å². The fourth-order valence-electron chi connectivity index (χ4n) is 1.71. The van der Waals surface area contributed by atoms with Crippen molar-refractivity contribution in [2.75, 3.05) is 19.0 Å². The molecule has 0 aliphatic heterocycles. The van der Waals surface area contributed by atoms with Gasteiger partial charge in [0.15, 0.2) is 11.6 Å². The largest absolute Gasteiger partial charge is 0.493 e. The second-order valence-corrected chi connectivity index (χ2v) is 4.61. The predicted molar refractivity (Wildman–Crippen MR) is 84.5 cm³/mol. The van der Waals surface area contributed by atoms with Crippen LogP contribution in [0.2, 0.25) is 0 Å². The number of carbonyl (C=O) groups excluding carboxylic acids is 1. The molecule has 0 atom stereocenters. The van der Waals surface area contributed by atoms with Crippen LogP contribution in [0.5, 0.6) is 11.6 Å². The van der Waals surface area contributed by atoms with Crippen LogP contribution in [0.1, 0.15) is 18.9 Å². The summed E-state index contributed by atoms with van der Waals surface area (Å²) in [6, 6.07) is 4.83. The molecule has 23 heavy (non-hydrogen) atoms. The molecule has 0 aliphatic rings. The van der Waals surface area contributed by atoms with E-state index in [0.717, 1.165) is 12.0 Å². The summed E-state index contributed by atoms with van der Waals surface area (Å²) in [7, 11) is 1.49. The molecular weight excluding hydrogens is 298 g/mol. The van der Waals surface area contributed by atoms with E-state index in [0.29, 0.717) is 24.8 Å². The fourth-order valence-corrected chi connectivity index (χ4v) is 1.71. The normalized spacial score (nSPS) is 10.0. The molecule has 2 aromatic heterocycles. The maximum atomic E-state index is 11.9. The summed E-state index contributed by atoms with van der Waals surface area (Å²) in [6.07, 6.45) is 4.07. The Hall–Kier alpha value is -2.90. The molecule has 2 rings (SSSR count).